The van der Waals surface area contributed by atoms with E-state index in [2.05, 4.69) is 27.5 Å². The highest BCUT2D eigenvalue weighted by molar-refractivity contribution is 7.98. The Morgan fingerprint density at radius 3 is 2.19 bits per heavy atom. The fraction of sp³-hybridized carbons (Fsp3) is 0.0625. The Balaban J connectivity index is 1.30. The van der Waals surface area contributed by atoms with Crippen LogP contribution in [0.1, 0.15) is 10.4 Å². The molecule has 5 rings (SSSR count). The van der Waals surface area contributed by atoms with Crippen LogP contribution in [0.5, 0.6) is 0 Å². The van der Waals surface area contributed by atoms with Crippen LogP contribution in [0.25, 0.3) is 22.5 Å². The number of carbonyl (C=O) groups is 2. The predicted molar refractivity (Wildman–Crippen MR) is 167 cm³/mol. The molecule has 0 fully saturated rings. The first-order chi connectivity index (χ1) is 20.3. The number of anilines is 4. The summed E-state index contributed by atoms with van der Waals surface area (Å²) in [5.74, 6) is -0.263. The van der Waals surface area contributed by atoms with E-state index in [0.717, 1.165) is 33.4 Å². The standard InChI is InChI=1S/C32H27FN6O2S/c1-4-28(40)36-25-11-7-21(8-12-25)31(41)37-26-15-13-24(14-16-26)35-27-19-22(17-18-34-27)30-29(38-32(42-3)39(30)2)20-5-9-23(33)10-6-20/h4-19H,1H2,2-3H3,(H,34,35)(H,36,40)(H,37,41). The zero-order valence-electron chi connectivity index (χ0n) is 22.9. The van der Waals surface area contributed by atoms with Gasteiger partial charge >= 0.3 is 0 Å². The van der Waals surface area contributed by atoms with E-state index in [1.165, 1.54) is 30.0 Å². The number of carbonyl (C=O) groups excluding carboxylic acids is 2. The average Bonchev–Trinajstić information content (AvgIpc) is 3.34. The van der Waals surface area contributed by atoms with Gasteiger partial charge in [-0.25, -0.2) is 14.4 Å². The summed E-state index contributed by atoms with van der Waals surface area (Å²) in [4.78, 5) is 33.4. The highest BCUT2D eigenvalue weighted by atomic mass is 32.2. The van der Waals surface area contributed by atoms with E-state index >= 15 is 0 Å². The quantitative estimate of drug-likeness (QED) is 0.127. The molecule has 0 atom stereocenters. The van der Waals surface area contributed by atoms with Crippen LogP contribution in [0.15, 0.2) is 109 Å². The molecular formula is C32H27FN6O2S. The molecule has 10 heteroatoms. The molecule has 2 aromatic heterocycles. The summed E-state index contributed by atoms with van der Waals surface area (Å²) in [6, 6.07) is 24.0. The van der Waals surface area contributed by atoms with Crippen LogP contribution in [-0.2, 0) is 11.8 Å². The molecule has 0 bridgehead atoms. The normalized spacial score (nSPS) is 10.6. The van der Waals surface area contributed by atoms with E-state index in [9.17, 15) is 14.0 Å². The summed E-state index contributed by atoms with van der Waals surface area (Å²) in [6.07, 6.45) is 4.87. The van der Waals surface area contributed by atoms with E-state index in [4.69, 9.17) is 4.98 Å². The molecule has 42 heavy (non-hydrogen) atoms. The molecule has 8 nitrogen and oxygen atoms in total. The maximum atomic E-state index is 13.6. The zero-order chi connectivity index (χ0) is 29.6. The summed E-state index contributed by atoms with van der Waals surface area (Å²) in [5, 5.41) is 9.66. The lowest BCUT2D eigenvalue weighted by atomic mass is 10.1. The lowest BCUT2D eigenvalue weighted by Gasteiger charge is -2.11. The minimum absolute atomic E-state index is 0.274. The Bertz CT molecular complexity index is 1750. The third-order valence-corrected chi connectivity index (χ3v) is 7.13. The van der Waals surface area contributed by atoms with Crippen LogP contribution >= 0.6 is 11.8 Å². The molecule has 0 saturated carbocycles. The summed E-state index contributed by atoms with van der Waals surface area (Å²) >= 11 is 1.54. The van der Waals surface area contributed by atoms with Crippen LogP contribution in [0.4, 0.5) is 27.3 Å². The number of benzene rings is 3. The Labute approximate surface area is 246 Å². The Hall–Kier alpha value is -5.22. The number of aromatic nitrogens is 3. The van der Waals surface area contributed by atoms with Crippen LogP contribution in [0, 0.1) is 5.82 Å². The van der Waals surface area contributed by atoms with Gasteiger partial charge in [-0.15, -0.1) is 0 Å². The van der Waals surface area contributed by atoms with Gasteiger partial charge in [0.25, 0.3) is 5.91 Å². The molecule has 0 spiro atoms. The fourth-order valence-corrected chi connectivity index (χ4v) is 4.88. The van der Waals surface area contributed by atoms with Crippen molar-refractivity contribution in [3.63, 3.8) is 0 Å². The number of nitrogens with one attached hydrogen (secondary N) is 3. The molecule has 0 aliphatic carbocycles. The number of hydrogen-bond donors (Lipinski definition) is 3. The molecule has 0 aliphatic rings. The number of pyridine rings is 1. The molecule has 3 N–H and O–H groups in total. The molecule has 5 aromatic rings. The van der Waals surface area contributed by atoms with Gasteiger partial charge in [-0.3, -0.25) is 9.59 Å². The third kappa shape index (κ3) is 6.39. The number of amides is 2. The van der Waals surface area contributed by atoms with Crippen LogP contribution in [0.2, 0.25) is 0 Å². The van der Waals surface area contributed by atoms with Gasteiger partial charge in [0.15, 0.2) is 5.16 Å². The van der Waals surface area contributed by atoms with Crippen molar-refractivity contribution in [3.05, 3.63) is 115 Å². The van der Waals surface area contributed by atoms with Crippen LogP contribution < -0.4 is 16.0 Å². The average molecular weight is 579 g/mol. The van der Waals surface area contributed by atoms with Crippen molar-refractivity contribution >= 4 is 46.5 Å². The van der Waals surface area contributed by atoms with Crippen molar-refractivity contribution < 1.29 is 14.0 Å². The molecule has 0 radical (unpaired) electrons. The van der Waals surface area contributed by atoms with Crippen molar-refractivity contribution in [2.24, 2.45) is 7.05 Å². The highest BCUT2D eigenvalue weighted by Gasteiger charge is 2.18. The van der Waals surface area contributed by atoms with Gasteiger partial charge in [0.05, 0.1) is 11.4 Å². The van der Waals surface area contributed by atoms with E-state index < -0.39 is 0 Å². The second-order valence-electron chi connectivity index (χ2n) is 9.22. The molecule has 3 aromatic carbocycles. The van der Waals surface area contributed by atoms with E-state index in [1.807, 2.05) is 42.1 Å². The van der Waals surface area contributed by atoms with Gasteiger partial charge in [-0.2, -0.15) is 0 Å². The second kappa shape index (κ2) is 12.5. The van der Waals surface area contributed by atoms with Gasteiger partial charge in [-0.05, 0) is 97.3 Å². The third-order valence-electron chi connectivity index (χ3n) is 6.40. The monoisotopic (exact) mass is 578 g/mol. The highest BCUT2D eigenvalue weighted by Crippen LogP contribution is 2.35. The Morgan fingerprint density at radius 2 is 1.52 bits per heavy atom. The number of hydrogen-bond acceptors (Lipinski definition) is 6. The molecular weight excluding hydrogens is 551 g/mol. The lowest BCUT2D eigenvalue weighted by molar-refractivity contribution is -0.111. The smallest absolute Gasteiger partial charge is 0.255 e. The molecule has 0 unspecified atom stereocenters. The lowest BCUT2D eigenvalue weighted by Crippen LogP contribution is -2.12. The van der Waals surface area contributed by atoms with E-state index in [-0.39, 0.29) is 17.6 Å². The Morgan fingerprint density at radius 1 is 0.881 bits per heavy atom. The van der Waals surface area contributed by atoms with Crippen molar-refractivity contribution in [3.8, 4) is 22.5 Å². The first-order valence-electron chi connectivity index (χ1n) is 12.9. The van der Waals surface area contributed by atoms with Gasteiger partial charge < -0.3 is 20.5 Å². The SMILES string of the molecule is C=CC(=O)Nc1ccc(C(=O)Nc2ccc(Nc3cc(-c4c(-c5ccc(F)cc5)nc(SC)n4C)ccn3)cc2)cc1. The van der Waals surface area contributed by atoms with Gasteiger partial charge in [-0.1, -0.05) is 18.3 Å². The van der Waals surface area contributed by atoms with Gasteiger partial charge in [0, 0.05) is 47.0 Å². The van der Waals surface area contributed by atoms with E-state index in [0.29, 0.717) is 22.8 Å². The number of nitrogens with zero attached hydrogens (tertiary/aromatic N) is 3. The van der Waals surface area contributed by atoms with Gasteiger partial charge in [0.2, 0.25) is 5.91 Å². The Kier molecular flexibility index (Phi) is 8.44. The minimum Gasteiger partial charge on any atom is -0.340 e. The van der Waals surface area contributed by atoms with Crippen molar-refractivity contribution in [2.45, 2.75) is 5.16 Å². The maximum Gasteiger partial charge on any atom is 0.255 e. The molecule has 0 aliphatic heterocycles. The number of thioether (sulfide) groups is 1. The summed E-state index contributed by atoms with van der Waals surface area (Å²) in [7, 11) is 1.96. The molecule has 0 saturated heterocycles. The summed E-state index contributed by atoms with van der Waals surface area (Å²) < 4.78 is 15.6. The summed E-state index contributed by atoms with van der Waals surface area (Å²) in [6.45, 7) is 3.42. The predicted octanol–water partition coefficient (Wildman–Crippen LogP) is 7.13. The molecule has 210 valence electrons. The first kappa shape index (κ1) is 28.3. The van der Waals surface area contributed by atoms with Crippen molar-refractivity contribution in [2.75, 3.05) is 22.2 Å². The largest absolute Gasteiger partial charge is 0.340 e. The first-order valence-corrected chi connectivity index (χ1v) is 14.1. The van der Waals surface area contributed by atoms with Crippen LogP contribution in [0.3, 0.4) is 0 Å². The topological polar surface area (TPSA) is 101 Å². The number of imidazole rings is 1. The van der Waals surface area contributed by atoms with Gasteiger partial charge in [0.1, 0.15) is 11.6 Å². The number of rotatable bonds is 9. The second-order valence-corrected chi connectivity index (χ2v) is 9.99. The number of halogens is 1. The van der Waals surface area contributed by atoms with Crippen molar-refractivity contribution in [1.29, 1.82) is 0 Å². The maximum absolute atomic E-state index is 13.6. The van der Waals surface area contributed by atoms with Crippen molar-refractivity contribution in [1.82, 2.24) is 14.5 Å². The molecule has 2 amide bonds. The minimum atomic E-state index is -0.320. The van der Waals surface area contributed by atoms with Crippen LogP contribution in [-0.4, -0.2) is 32.6 Å². The zero-order valence-corrected chi connectivity index (χ0v) is 23.7. The van der Waals surface area contributed by atoms with E-state index in [1.54, 1.807) is 54.7 Å². The summed E-state index contributed by atoms with van der Waals surface area (Å²) in [5.41, 5.74) is 5.82. The molecule has 2 heterocycles. The fourth-order valence-electron chi connectivity index (χ4n) is 4.33.